The summed E-state index contributed by atoms with van der Waals surface area (Å²) in [5, 5.41) is 0. The highest BCUT2D eigenvalue weighted by atomic mass is 16.5. The van der Waals surface area contributed by atoms with Crippen LogP contribution in [0.15, 0.2) is 48.2 Å². The van der Waals surface area contributed by atoms with Crippen molar-refractivity contribution in [2.75, 3.05) is 52.3 Å². The predicted octanol–water partition coefficient (Wildman–Crippen LogP) is 2.54. The monoisotopic (exact) mass is 421 g/mol. The summed E-state index contributed by atoms with van der Waals surface area (Å²) in [4.78, 5) is 32.7. The average Bonchev–Trinajstić information content (AvgIpc) is 3.04. The summed E-state index contributed by atoms with van der Waals surface area (Å²) in [5.41, 5.74) is 3.22. The minimum absolute atomic E-state index is 0.308. The molecule has 0 aromatic heterocycles. The van der Waals surface area contributed by atoms with Crippen LogP contribution in [0.3, 0.4) is 0 Å². The number of likely N-dealkylation sites (N-methyl/N-ethyl adjacent to an activating group) is 1. The van der Waals surface area contributed by atoms with Gasteiger partial charge in [-0.1, -0.05) is 29.8 Å². The highest BCUT2D eigenvalue weighted by Crippen LogP contribution is 2.38. The molecule has 4 rings (SSSR count). The van der Waals surface area contributed by atoms with E-state index in [2.05, 4.69) is 11.9 Å². The first-order valence-electron chi connectivity index (χ1n) is 10.3. The molecule has 0 atom stereocenters. The number of hydrogen-bond acceptors (Lipinski definition) is 6. The Balaban J connectivity index is 1.79. The highest BCUT2D eigenvalue weighted by molar-refractivity contribution is 6.45. The van der Waals surface area contributed by atoms with E-state index in [1.165, 1.54) is 12.0 Å². The van der Waals surface area contributed by atoms with E-state index in [1.807, 2.05) is 36.1 Å². The topological polar surface area (TPSA) is 62.3 Å². The highest BCUT2D eigenvalue weighted by Gasteiger charge is 2.43. The minimum atomic E-state index is -0.324. The SMILES string of the molecule is COc1ccc(N2C(=O)C(c3ccc(C)cc3)=C(N3CCN(C)CC3)C2=O)cc1OC. The van der Waals surface area contributed by atoms with Crippen LogP contribution >= 0.6 is 0 Å². The summed E-state index contributed by atoms with van der Waals surface area (Å²) in [6.07, 6.45) is 0. The van der Waals surface area contributed by atoms with Crippen molar-refractivity contribution in [3.63, 3.8) is 0 Å². The van der Waals surface area contributed by atoms with Crippen LogP contribution in [0.4, 0.5) is 5.69 Å². The number of rotatable bonds is 5. The molecule has 0 spiro atoms. The third-order valence-electron chi connectivity index (χ3n) is 5.84. The fourth-order valence-electron chi connectivity index (χ4n) is 4.02. The van der Waals surface area contributed by atoms with Crippen molar-refractivity contribution in [3.05, 3.63) is 59.3 Å². The van der Waals surface area contributed by atoms with Crippen LogP contribution in [0.2, 0.25) is 0 Å². The number of hydrogen-bond donors (Lipinski definition) is 0. The van der Waals surface area contributed by atoms with Crippen molar-refractivity contribution < 1.29 is 19.1 Å². The number of amides is 2. The van der Waals surface area contributed by atoms with Crippen LogP contribution in [-0.2, 0) is 9.59 Å². The van der Waals surface area contributed by atoms with Gasteiger partial charge in [-0.15, -0.1) is 0 Å². The van der Waals surface area contributed by atoms with Gasteiger partial charge in [0.05, 0.1) is 25.5 Å². The molecule has 0 radical (unpaired) electrons. The number of methoxy groups -OCH3 is 2. The summed E-state index contributed by atoms with van der Waals surface area (Å²) in [5.74, 6) is 0.370. The van der Waals surface area contributed by atoms with Gasteiger partial charge in [-0.2, -0.15) is 0 Å². The first kappa shape index (κ1) is 20.9. The lowest BCUT2D eigenvalue weighted by molar-refractivity contribution is -0.120. The van der Waals surface area contributed by atoms with Crippen LogP contribution in [0, 0.1) is 6.92 Å². The van der Waals surface area contributed by atoms with E-state index in [0.29, 0.717) is 41.5 Å². The lowest BCUT2D eigenvalue weighted by Gasteiger charge is -2.34. The molecule has 31 heavy (non-hydrogen) atoms. The lowest BCUT2D eigenvalue weighted by atomic mass is 10.0. The second kappa shape index (κ2) is 8.43. The maximum atomic E-state index is 13.6. The van der Waals surface area contributed by atoms with Crippen LogP contribution < -0.4 is 14.4 Å². The molecule has 7 nitrogen and oxygen atoms in total. The molecule has 162 valence electrons. The number of piperazine rings is 1. The number of aryl methyl sites for hydroxylation is 1. The molecule has 2 aromatic carbocycles. The van der Waals surface area contributed by atoms with Gasteiger partial charge in [0.1, 0.15) is 5.70 Å². The summed E-state index contributed by atoms with van der Waals surface area (Å²) in [6, 6.07) is 12.8. The van der Waals surface area contributed by atoms with Crippen molar-refractivity contribution in [1.82, 2.24) is 9.80 Å². The Morgan fingerprint density at radius 1 is 0.806 bits per heavy atom. The Kier molecular flexibility index (Phi) is 5.69. The molecule has 0 saturated carbocycles. The maximum Gasteiger partial charge on any atom is 0.282 e. The van der Waals surface area contributed by atoms with E-state index in [-0.39, 0.29) is 11.8 Å². The minimum Gasteiger partial charge on any atom is -0.493 e. The molecule has 1 saturated heterocycles. The predicted molar refractivity (Wildman–Crippen MR) is 119 cm³/mol. The Bertz CT molecular complexity index is 1040. The largest absolute Gasteiger partial charge is 0.493 e. The first-order valence-corrected chi connectivity index (χ1v) is 10.3. The first-order chi connectivity index (χ1) is 14.9. The molecule has 0 N–H and O–H groups in total. The van der Waals surface area contributed by atoms with E-state index >= 15 is 0 Å². The standard InChI is InChI=1S/C24H27N3O4/c1-16-5-7-17(8-6-16)21-22(26-13-11-25(2)12-14-26)24(29)27(23(21)28)18-9-10-19(30-3)20(15-18)31-4/h5-10,15H,11-14H2,1-4H3. The molecule has 2 aromatic rings. The summed E-state index contributed by atoms with van der Waals surface area (Å²) in [6.45, 7) is 5.06. The van der Waals surface area contributed by atoms with Crippen molar-refractivity contribution in [3.8, 4) is 11.5 Å². The third-order valence-corrected chi connectivity index (χ3v) is 5.84. The summed E-state index contributed by atoms with van der Waals surface area (Å²) >= 11 is 0. The number of imide groups is 1. The van der Waals surface area contributed by atoms with Gasteiger partial charge in [0.25, 0.3) is 11.8 Å². The Labute approximate surface area is 182 Å². The smallest absolute Gasteiger partial charge is 0.282 e. The second-order valence-electron chi connectivity index (χ2n) is 7.86. The zero-order valence-corrected chi connectivity index (χ0v) is 18.3. The molecule has 1 fully saturated rings. The van der Waals surface area contributed by atoms with Crippen LogP contribution in [0.25, 0.3) is 5.57 Å². The van der Waals surface area contributed by atoms with Crippen LogP contribution in [-0.4, -0.2) is 69.1 Å². The van der Waals surface area contributed by atoms with Crippen LogP contribution in [0.1, 0.15) is 11.1 Å². The fraction of sp³-hybridized carbons (Fsp3) is 0.333. The lowest BCUT2D eigenvalue weighted by Crippen LogP contribution is -2.46. The number of benzene rings is 2. The zero-order chi connectivity index (χ0) is 22.1. The number of ether oxygens (including phenoxy) is 2. The van der Waals surface area contributed by atoms with Gasteiger partial charge in [0.15, 0.2) is 11.5 Å². The van der Waals surface area contributed by atoms with E-state index in [4.69, 9.17) is 9.47 Å². The van der Waals surface area contributed by atoms with E-state index < -0.39 is 0 Å². The zero-order valence-electron chi connectivity index (χ0n) is 18.3. The van der Waals surface area contributed by atoms with Crippen molar-refractivity contribution in [1.29, 1.82) is 0 Å². The third kappa shape index (κ3) is 3.77. The van der Waals surface area contributed by atoms with Crippen molar-refractivity contribution >= 4 is 23.1 Å². The van der Waals surface area contributed by atoms with Gasteiger partial charge in [-0.3, -0.25) is 9.59 Å². The van der Waals surface area contributed by atoms with Gasteiger partial charge in [-0.25, -0.2) is 4.90 Å². The average molecular weight is 421 g/mol. The maximum absolute atomic E-state index is 13.6. The number of anilines is 1. The molecular weight excluding hydrogens is 394 g/mol. The molecule has 2 aliphatic rings. The van der Waals surface area contributed by atoms with Gasteiger partial charge in [0, 0.05) is 32.2 Å². The fourth-order valence-corrected chi connectivity index (χ4v) is 4.02. The van der Waals surface area contributed by atoms with Crippen molar-refractivity contribution in [2.45, 2.75) is 6.92 Å². The summed E-state index contributed by atoms with van der Waals surface area (Å²) < 4.78 is 10.7. The molecule has 0 unspecified atom stereocenters. The number of carbonyl (C=O) groups is 2. The summed E-state index contributed by atoms with van der Waals surface area (Å²) in [7, 11) is 5.14. The van der Waals surface area contributed by atoms with Gasteiger partial charge >= 0.3 is 0 Å². The van der Waals surface area contributed by atoms with Crippen molar-refractivity contribution in [2.24, 2.45) is 0 Å². The van der Waals surface area contributed by atoms with E-state index in [1.54, 1.807) is 25.3 Å². The number of nitrogens with zero attached hydrogens (tertiary/aromatic N) is 3. The second-order valence-corrected chi connectivity index (χ2v) is 7.86. The molecule has 2 heterocycles. The van der Waals surface area contributed by atoms with Gasteiger partial charge in [0.2, 0.25) is 0 Å². The molecular formula is C24H27N3O4. The molecule has 0 bridgehead atoms. The molecule has 7 heteroatoms. The van der Waals surface area contributed by atoms with E-state index in [0.717, 1.165) is 24.2 Å². The number of carbonyl (C=O) groups excluding carboxylic acids is 2. The van der Waals surface area contributed by atoms with Gasteiger partial charge < -0.3 is 19.3 Å². The quantitative estimate of drug-likeness (QED) is 0.692. The molecule has 0 aliphatic carbocycles. The Morgan fingerprint density at radius 2 is 1.45 bits per heavy atom. The van der Waals surface area contributed by atoms with Gasteiger partial charge in [-0.05, 0) is 31.7 Å². The Hall–Kier alpha value is -3.32. The molecule has 2 amide bonds. The normalized spacial score (nSPS) is 17.5. The Morgan fingerprint density at radius 3 is 2.06 bits per heavy atom. The van der Waals surface area contributed by atoms with Crippen LogP contribution in [0.5, 0.6) is 11.5 Å². The van der Waals surface area contributed by atoms with E-state index in [9.17, 15) is 9.59 Å². The molecule has 2 aliphatic heterocycles.